The second-order valence-corrected chi connectivity index (χ2v) is 8.99. The molecular formula is C27H28N3O5+. The highest BCUT2D eigenvalue weighted by atomic mass is 16.5. The number of nitrogens with one attached hydrogen (secondary N) is 1. The van der Waals surface area contributed by atoms with Crippen molar-refractivity contribution in [2.75, 3.05) is 33.2 Å². The van der Waals surface area contributed by atoms with Crippen LogP contribution in [-0.4, -0.2) is 39.1 Å². The molecule has 35 heavy (non-hydrogen) atoms. The number of aromatic nitrogens is 2. The minimum absolute atomic E-state index is 0.0595. The SMILES string of the molecule is C=C(C)[C@H]1Cc2c(ccc(-c3n[n+]4c(c5oc6cc(OC)c(OC)cc6c35)NCCC4)c2OC)O1. The molecule has 0 aliphatic carbocycles. The lowest BCUT2D eigenvalue weighted by Crippen LogP contribution is -2.45. The molecule has 2 aliphatic rings. The van der Waals surface area contributed by atoms with Crippen LogP contribution in [0.15, 0.2) is 40.8 Å². The molecule has 6 rings (SSSR count). The summed E-state index contributed by atoms with van der Waals surface area (Å²) in [6, 6.07) is 7.83. The molecule has 4 aromatic rings. The van der Waals surface area contributed by atoms with Crippen molar-refractivity contribution < 1.29 is 28.0 Å². The molecule has 2 aromatic carbocycles. The number of nitrogens with zero attached hydrogens (tertiary/aromatic N) is 2. The minimum Gasteiger partial charge on any atom is -0.496 e. The Morgan fingerprint density at radius 2 is 1.94 bits per heavy atom. The highest BCUT2D eigenvalue weighted by Crippen LogP contribution is 2.47. The van der Waals surface area contributed by atoms with E-state index >= 15 is 0 Å². The fourth-order valence-corrected chi connectivity index (χ4v) is 5.11. The number of benzene rings is 2. The van der Waals surface area contributed by atoms with Crippen LogP contribution in [0.2, 0.25) is 0 Å². The average molecular weight is 475 g/mol. The van der Waals surface area contributed by atoms with Gasteiger partial charge in [0.2, 0.25) is 5.58 Å². The topological polar surface area (TPSA) is 78.9 Å². The molecule has 1 atom stereocenters. The maximum absolute atomic E-state index is 6.43. The monoisotopic (exact) mass is 474 g/mol. The van der Waals surface area contributed by atoms with Crippen LogP contribution >= 0.6 is 0 Å². The molecule has 180 valence electrons. The molecule has 0 spiro atoms. The number of ether oxygens (including phenoxy) is 4. The smallest absolute Gasteiger partial charge is 0.339 e. The van der Waals surface area contributed by atoms with Crippen molar-refractivity contribution in [2.24, 2.45) is 0 Å². The number of hydrogen-bond acceptors (Lipinski definition) is 7. The Morgan fingerprint density at radius 1 is 1.14 bits per heavy atom. The molecule has 0 amide bonds. The fourth-order valence-electron chi connectivity index (χ4n) is 5.11. The third-order valence-corrected chi connectivity index (χ3v) is 6.85. The van der Waals surface area contributed by atoms with Crippen molar-refractivity contribution in [3.8, 4) is 34.3 Å². The first-order valence-corrected chi connectivity index (χ1v) is 11.7. The molecule has 1 N–H and O–H groups in total. The average Bonchev–Trinajstić information content (AvgIpc) is 3.48. The normalized spacial score (nSPS) is 16.4. The van der Waals surface area contributed by atoms with Crippen LogP contribution in [0.3, 0.4) is 0 Å². The molecular weight excluding hydrogens is 446 g/mol. The van der Waals surface area contributed by atoms with E-state index in [1.807, 2.05) is 35.9 Å². The van der Waals surface area contributed by atoms with E-state index in [2.05, 4.69) is 11.9 Å². The van der Waals surface area contributed by atoms with Crippen molar-refractivity contribution in [1.82, 2.24) is 5.10 Å². The first-order chi connectivity index (χ1) is 17.0. The highest BCUT2D eigenvalue weighted by Gasteiger charge is 2.33. The van der Waals surface area contributed by atoms with Crippen molar-refractivity contribution >= 4 is 27.8 Å². The zero-order chi connectivity index (χ0) is 24.3. The van der Waals surface area contributed by atoms with E-state index in [-0.39, 0.29) is 6.10 Å². The lowest BCUT2D eigenvalue weighted by molar-refractivity contribution is -0.741. The zero-order valence-electron chi connectivity index (χ0n) is 20.4. The van der Waals surface area contributed by atoms with Gasteiger partial charge in [0.25, 0.3) is 0 Å². The van der Waals surface area contributed by atoms with E-state index in [1.54, 1.807) is 21.3 Å². The van der Waals surface area contributed by atoms with Crippen LogP contribution in [0.5, 0.6) is 23.0 Å². The molecule has 4 heterocycles. The van der Waals surface area contributed by atoms with E-state index in [0.29, 0.717) is 23.5 Å². The summed E-state index contributed by atoms with van der Waals surface area (Å²) in [5, 5.41) is 10.4. The van der Waals surface area contributed by atoms with Gasteiger partial charge in [-0.05, 0) is 30.7 Å². The molecule has 0 bridgehead atoms. The summed E-state index contributed by atoms with van der Waals surface area (Å²) in [5.41, 5.74) is 5.15. The third-order valence-electron chi connectivity index (χ3n) is 6.85. The number of anilines is 1. The number of aryl methyl sites for hydroxylation is 1. The number of hydrogen-bond donors (Lipinski definition) is 1. The first-order valence-electron chi connectivity index (χ1n) is 11.7. The second kappa shape index (κ2) is 8.08. The predicted octanol–water partition coefficient (Wildman–Crippen LogP) is 4.66. The lowest BCUT2D eigenvalue weighted by atomic mass is 9.98. The van der Waals surface area contributed by atoms with Crippen LogP contribution in [0.25, 0.3) is 33.2 Å². The number of methoxy groups -OCH3 is 3. The standard InChI is InChI=1S/C27H27N3O5/c1-14(2)19-12-17-18(34-19)8-7-15(25(17)33-5)24-23-16-11-21(31-3)22(32-4)13-20(16)35-26(23)27-28-9-6-10-30(27)29-24/h7-8,11,13,19H,1,6,9-10,12H2,2-5H3/p+1/t19-/m1/s1. The van der Waals surface area contributed by atoms with Gasteiger partial charge in [-0.1, -0.05) is 11.7 Å². The Balaban J connectivity index is 1.67. The quantitative estimate of drug-likeness (QED) is 0.333. The number of fused-ring (bicyclic) bond motifs is 6. The predicted molar refractivity (Wildman–Crippen MR) is 133 cm³/mol. The van der Waals surface area contributed by atoms with Gasteiger partial charge < -0.3 is 23.4 Å². The van der Waals surface area contributed by atoms with Crippen LogP contribution < -0.4 is 28.9 Å². The summed E-state index contributed by atoms with van der Waals surface area (Å²) in [7, 11) is 4.94. The van der Waals surface area contributed by atoms with Crippen molar-refractivity contribution in [1.29, 1.82) is 0 Å². The van der Waals surface area contributed by atoms with Crippen LogP contribution in [-0.2, 0) is 13.0 Å². The molecule has 8 nitrogen and oxygen atoms in total. The summed E-state index contributed by atoms with van der Waals surface area (Å²) in [4.78, 5) is 0. The molecule has 2 aromatic heterocycles. The summed E-state index contributed by atoms with van der Waals surface area (Å²) >= 11 is 0. The van der Waals surface area contributed by atoms with Gasteiger partial charge in [-0.15, -0.1) is 4.68 Å². The number of rotatable bonds is 5. The Bertz CT molecular complexity index is 1510. The molecule has 0 saturated carbocycles. The van der Waals surface area contributed by atoms with E-state index in [9.17, 15) is 0 Å². The van der Waals surface area contributed by atoms with Crippen LogP contribution in [0, 0.1) is 0 Å². The van der Waals surface area contributed by atoms with Crippen LogP contribution in [0.1, 0.15) is 18.9 Å². The van der Waals surface area contributed by atoms with Crippen LogP contribution in [0.4, 0.5) is 5.82 Å². The zero-order valence-corrected chi connectivity index (χ0v) is 20.4. The number of furan rings is 1. The van der Waals surface area contributed by atoms with Gasteiger partial charge in [-0.25, -0.2) is 0 Å². The summed E-state index contributed by atoms with van der Waals surface area (Å²) < 4.78 is 31.7. The maximum Gasteiger partial charge on any atom is 0.339 e. The summed E-state index contributed by atoms with van der Waals surface area (Å²) in [6.45, 7) is 7.73. The van der Waals surface area contributed by atoms with Gasteiger partial charge in [0, 0.05) is 35.4 Å². The summed E-state index contributed by atoms with van der Waals surface area (Å²) in [5.74, 6) is 3.70. The minimum atomic E-state index is -0.0595. The molecule has 0 saturated heterocycles. The lowest BCUT2D eigenvalue weighted by Gasteiger charge is -2.15. The van der Waals surface area contributed by atoms with E-state index in [4.69, 9.17) is 28.5 Å². The molecule has 8 heteroatoms. The molecule has 0 unspecified atom stereocenters. The van der Waals surface area contributed by atoms with E-state index < -0.39 is 0 Å². The second-order valence-electron chi connectivity index (χ2n) is 8.99. The van der Waals surface area contributed by atoms with Gasteiger partial charge in [-0.2, -0.15) is 0 Å². The Morgan fingerprint density at radius 3 is 2.69 bits per heavy atom. The van der Waals surface area contributed by atoms with Crippen molar-refractivity contribution in [2.45, 2.75) is 32.4 Å². The van der Waals surface area contributed by atoms with Crippen molar-refractivity contribution in [3.63, 3.8) is 0 Å². The van der Waals surface area contributed by atoms with E-state index in [0.717, 1.165) is 75.6 Å². The van der Waals surface area contributed by atoms with Gasteiger partial charge in [0.15, 0.2) is 11.5 Å². The Kier molecular flexibility index (Phi) is 4.98. The Hall–Kier alpha value is -3.94. The fraction of sp³-hybridized carbons (Fsp3) is 0.333. The highest BCUT2D eigenvalue weighted by molar-refractivity contribution is 6.14. The molecule has 2 aliphatic heterocycles. The first kappa shape index (κ1) is 21.6. The van der Waals surface area contributed by atoms with Gasteiger partial charge in [0.1, 0.15) is 35.4 Å². The van der Waals surface area contributed by atoms with Gasteiger partial charge in [0.05, 0.1) is 33.3 Å². The maximum atomic E-state index is 6.43. The molecule has 0 fully saturated rings. The van der Waals surface area contributed by atoms with E-state index in [1.165, 1.54) is 0 Å². The largest absolute Gasteiger partial charge is 0.496 e. The van der Waals surface area contributed by atoms with Gasteiger partial charge in [-0.3, -0.25) is 5.32 Å². The van der Waals surface area contributed by atoms with Crippen molar-refractivity contribution in [3.05, 3.63) is 42.0 Å². The van der Waals surface area contributed by atoms with Gasteiger partial charge >= 0.3 is 5.82 Å². The summed E-state index contributed by atoms with van der Waals surface area (Å²) in [6.07, 6.45) is 1.63. The third kappa shape index (κ3) is 3.20. The molecule has 0 radical (unpaired) electrons. The Labute approximate surface area is 203 Å².